The summed E-state index contributed by atoms with van der Waals surface area (Å²) in [5, 5.41) is 0.818. The van der Waals surface area contributed by atoms with Gasteiger partial charge in [0.1, 0.15) is 0 Å². The molecule has 0 aliphatic carbocycles. The highest BCUT2D eigenvalue weighted by molar-refractivity contribution is 9.28. The van der Waals surface area contributed by atoms with Crippen LogP contribution in [0.2, 0.25) is 5.02 Å². The fourth-order valence-electron chi connectivity index (χ4n) is 3.95. The largest absolute Gasteiger partial charge is 0.300 e. The van der Waals surface area contributed by atoms with E-state index >= 15 is 0 Å². The summed E-state index contributed by atoms with van der Waals surface area (Å²) < 4.78 is 1.06. The van der Waals surface area contributed by atoms with Crippen molar-refractivity contribution in [1.29, 1.82) is 0 Å². The van der Waals surface area contributed by atoms with Crippen LogP contribution in [0.4, 0.5) is 0 Å². The van der Waals surface area contributed by atoms with Gasteiger partial charge in [0.25, 0.3) is 0 Å². The van der Waals surface area contributed by atoms with Crippen molar-refractivity contribution < 1.29 is 0 Å². The molecule has 2 saturated heterocycles. The van der Waals surface area contributed by atoms with E-state index in [1.54, 1.807) is 0 Å². The zero-order chi connectivity index (χ0) is 14.3. The Labute approximate surface area is 154 Å². The maximum absolute atomic E-state index is 6.03. The number of hydrogen-bond donors (Lipinski definition) is 0. The second-order valence-electron chi connectivity index (χ2n) is 5.89. The molecule has 1 nitrogen and oxygen atoms in total. The smallest absolute Gasteiger partial charge is 0.0567 e. The molecular formula is C16H19Br2Cl2N. The average molecular weight is 456 g/mol. The maximum Gasteiger partial charge on any atom is 0.0567 e. The van der Waals surface area contributed by atoms with Gasteiger partial charge in [0.15, 0.2) is 0 Å². The second-order valence-corrected chi connectivity index (χ2v) is 9.10. The van der Waals surface area contributed by atoms with Gasteiger partial charge in [0.2, 0.25) is 0 Å². The third-order valence-electron chi connectivity index (χ3n) is 4.95. The molecule has 0 amide bonds. The Morgan fingerprint density at radius 1 is 1.24 bits per heavy atom. The van der Waals surface area contributed by atoms with Gasteiger partial charge in [-0.25, -0.2) is 0 Å². The Morgan fingerprint density at radius 3 is 2.52 bits per heavy atom. The molecule has 116 valence electrons. The summed E-state index contributed by atoms with van der Waals surface area (Å²) in [6.07, 6.45) is 6.21. The normalized spacial score (nSPS) is 31.6. The number of benzene rings is 1. The van der Waals surface area contributed by atoms with Crippen molar-refractivity contribution in [2.24, 2.45) is 5.92 Å². The molecular weight excluding hydrogens is 437 g/mol. The molecule has 5 heteroatoms. The number of halogens is 4. The first-order valence-electron chi connectivity index (χ1n) is 7.06. The van der Waals surface area contributed by atoms with E-state index in [1.165, 1.54) is 24.8 Å². The highest BCUT2D eigenvalue weighted by atomic mass is 79.9. The van der Waals surface area contributed by atoms with Crippen LogP contribution >= 0.6 is 55.9 Å². The summed E-state index contributed by atoms with van der Waals surface area (Å²) in [6, 6.07) is 9.81. The van der Waals surface area contributed by atoms with Gasteiger partial charge in [-0.3, -0.25) is 4.90 Å². The highest BCUT2D eigenvalue weighted by Gasteiger charge is 2.44. The Balaban J connectivity index is 0.00000161. The molecule has 21 heavy (non-hydrogen) atoms. The van der Waals surface area contributed by atoms with Gasteiger partial charge in [0, 0.05) is 23.0 Å². The summed E-state index contributed by atoms with van der Waals surface area (Å²) >= 11 is 13.1. The van der Waals surface area contributed by atoms with Crippen molar-refractivity contribution in [2.75, 3.05) is 7.05 Å². The first kappa shape index (κ1) is 17.8. The second kappa shape index (κ2) is 7.35. The van der Waals surface area contributed by atoms with E-state index in [0.717, 1.165) is 14.5 Å². The molecule has 1 aromatic carbocycles. The lowest BCUT2D eigenvalue weighted by atomic mass is 9.76. The molecule has 0 saturated carbocycles. The molecule has 4 atom stereocenters. The van der Waals surface area contributed by atoms with Crippen LogP contribution in [-0.4, -0.2) is 24.0 Å². The summed E-state index contributed by atoms with van der Waals surface area (Å²) in [5.41, 5.74) is 1.42. The number of hydrogen-bond acceptors (Lipinski definition) is 1. The van der Waals surface area contributed by atoms with Gasteiger partial charge < -0.3 is 0 Å². The van der Waals surface area contributed by atoms with Crippen LogP contribution in [0.1, 0.15) is 30.7 Å². The molecule has 2 bridgehead atoms. The van der Waals surface area contributed by atoms with E-state index in [0.29, 0.717) is 17.9 Å². The summed E-state index contributed by atoms with van der Waals surface area (Å²) in [4.78, 5) is 2.58. The molecule has 1 aromatic rings. The third kappa shape index (κ3) is 3.69. The lowest BCUT2D eigenvalue weighted by molar-refractivity contribution is 0.124. The van der Waals surface area contributed by atoms with Crippen molar-refractivity contribution >= 4 is 55.9 Å². The van der Waals surface area contributed by atoms with Crippen LogP contribution in [0.15, 0.2) is 33.7 Å². The number of rotatable bonds is 2. The lowest BCUT2D eigenvalue weighted by Gasteiger charge is -2.42. The van der Waals surface area contributed by atoms with Crippen molar-refractivity contribution in [3.05, 3.63) is 44.3 Å². The SMILES string of the molecule is CN1[C@H]2CC[C@@H]1[C@@H](C=C(Br)Br)[C@@H](c1ccc(Cl)cc1)C2.Cl. The maximum atomic E-state index is 6.03. The van der Waals surface area contributed by atoms with Gasteiger partial charge in [-0.15, -0.1) is 12.4 Å². The molecule has 2 fully saturated rings. The predicted octanol–water partition coefficient (Wildman–Crippen LogP) is 5.96. The minimum absolute atomic E-state index is 0. The van der Waals surface area contributed by atoms with Crippen LogP contribution in [0, 0.1) is 5.92 Å². The number of piperidine rings is 1. The molecule has 0 aromatic heterocycles. The molecule has 2 aliphatic rings. The van der Waals surface area contributed by atoms with Crippen LogP contribution < -0.4 is 0 Å². The van der Waals surface area contributed by atoms with E-state index in [2.05, 4.69) is 62.0 Å². The monoisotopic (exact) mass is 453 g/mol. The van der Waals surface area contributed by atoms with E-state index < -0.39 is 0 Å². The molecule has 2 aliphatic heterocycles. The van der Waals surface area contributed by atoms with Crippen LogP contribution in [-0.2, 0) is 0 Å². The van der Waals surface area contributed by atoms with Crippen LogP contribution in [0.25, 0.3) is 0 Å². The van der Waals surface area contributed by atoms with Crippen LogP contribution in [0.3, 0.4) is 0 Å². The van der Waals surface area contributed by atoms with Crippen molar-refractivity contribution in [3.8, 4) is 0 Å². The molecule has 0 spiro atoms. The third-order valence-corrected chi connectivity index (χ3v) is 5.73. The Bertz CT molecular complexity index is 514. The van der Waals surface area contributed by atoms with Crippen molar-refractivity contribution in [3.63, 3.8) is 0 Å². The Morgan fingerprint density at radius 2 is 1.90 bits per heavy atom. The zero-order valence-corrected chi connectivity index (χ0v) is 16.6. The van der Waals surface area contributed by atoms with Crippen LogP contribution in [0.5, 0.6) is 0 Å². The van der Waals surface area contributed by atoms with Gasteiger partial charge >= 0.3 is 0 Å². The van der Waals surface area contributed by atoms with Gasteiger partial charge in [-0.1, -0.05) is 29.8 Å². The highest BCUT2D eigenvalue weighted by Crippen LogP contribution is 2.47. The minimum Gasteiger partial charge on any atom is -0.300 e. The van der Waals surface area contributed by atoms with E-state index in [1.807, 2.05) is 12.1 Å². The van der Waals surface area contributed by atoms with Gasteiger partial charge in [-0.2, -0.15) is 0 Å². The molecule has 0 radical (unpaired) electrons. The average Bonchev–Trinajstić information content (AvgIpc) is 2.65. The summed E-state index contributed by atoms with van der Waals surface area (Å²) in [7, 11) is 2.28. The fraction of sp³-hybridized carbons (Fsp3) is 0.500. The molecule has 2 heterocycles. The predicted molar refractivity (Wildman–Crippen MR) is 100 cm³/mol. The fourth-order valence-corrected chi connectivity index (χ4v) is 4.69. The minimum atomic E-state index is 0. The Hall–Kier alpha value is 0.460. The van der Waals surface area contributed by atoms with Gasteiger partial charge in [-0.05, 0) is 81.8 Å². The number of fused-ring (bicyclic) bond motifs is 2. The summed E-state index contributed by atoms with van der Waals surface area (Å²) in [5.74, 6) is 1.14. The van der Waals surface area contributed by atoms with Gasteiger partial charge in [0.05, 0.1) is 3.39 Å². The van der Waals surface area contributed by atoms with E-state index in [9.17, 15) is 0 Å². The standard InChI is InChI=1S/C16H18Br2ClN.ClH/c1-20-12-6-7-15(20)14(9-16(17)18)13(8-12)10-2-4-11(19)5-3-10;/h2-5,9,12-15H,6-8H2,1H3;1H/t12-,13+,14-,15+;/m0./s1. The summed E-state index contributed by atoms with van der Waals surface area (Å²) in [6.45, 7) is 0. The molecule has 0 N–H and O–H groups in total. The quantitative estimate of drug-likeness (QED) is 0.531. The zero-order valence-electron chi connectivity index (χ0n) is 11.8. The first-order chi connectivity index (χ1) is 9.56. The van der Waals surface area contributed by atoms with Crippen molar-refractivity contribution in [1.82, 2.24) is 4.90 Å². The topological polar surface area (TPSA) is 3.24 Å². The van der Waals surface area contributed by atoms with Crippen molar-refractivity contribution in [2.45, 2.75) is 37.3 Å². The van der Waals surface area contributed by atoms with E-state index in [4.69, 9.17) is 11.6 Å². The Kier molecular flexibility index (Phi) is 6.24. The molecule has 0 unspecified atom stereocenters. The lowest BCUT2D eigenvalue weighted by Crippen LogP contribution is -2.45. The van der Waals surface area contributed by atoms with E-state index in [-0.39, 0.29) is 12.4 Å². The number of nitrogens with zero attached hydrogens (tertiary/aromatic N) is 1. The first-order valence-corrected chi connectivity index (χ1v) is 9.03. The molecule has 3 rings (SSSR count).